The van der Waals surface area contributed by atoms with Crippen molar-refractivity contribution in [1.82, 2.24) is 15.1 Å². The lowest BCUT2D eigenvalue weighted by atomic mass is 10.1. The van der Waals surface area contributed by atoms with Gasteiger partial charge in [-0.3, -0.25) is 14.5 Å². The van der Waals surface area contributed by atoms with Crippen LogP contribution in [0.2, 0.25) is 0 Å². The Morgan fingerprint density at radius 1 is 1.05 bits per heavy atom. The number of nitrogens with one attached hydrogen (secondary N) is 1. The van der Waals surface area contributed by atoms with Gasteiger partial charge in [0.2, 0.25) is 5.91 Å². The molecule has 0 aromatic heterocycles. The number of benzene rings is 3. The Morgan fingerprint density at radius 2 is 1.87 bits per heavy atom. The van der Waals surface area contributed by atoms with Gasteiger partial charge in [0.05, 0.1) is 38.0 Å². The van der Waals surface area contributed by atoms with E-state index in [1.54, 1.807) is 31.1 Å². The van der Waals surface area contributed by atoms with Crippen LogP contribution in [0.25, 0.3) is 0 Å². The maximum Gasteiger partial charge on any atom is 0.257 e. The third-order valence-electron chi connectivity index (χ3n) is 7.01. The number of ether oxygens (including phenoxy) is 3. The molecule has 5 rings (SSSR count). The summed E-state index contributed by atoms with van der Waals surface area (Å²) in [6, 6.07) is 17.6. The van der Waals surface area contributed by atoms with Gasteiger partial charge in [-0.05, 0) is 61.0 Å². The van der Waals surface area contributed by atoms with Crippen molar-refractivity contribution in [3.05, 3.63) is 88.7 Å². The lowest BCUT2D eigenvalue weighted by molar-refractivity contribution is -0.123. The van der Waals surface area contributed by atoms with Crippen LogP contribution in [-0.4, -0.2) is 67.6 Å². The maximum atomic E-state index is 14.7. The molecule has 0 radical (unpaired) electrons. The van der Waals surface area contributed by atoms with Crippen LogP contribution in [0.3, 0.4) is 0 Å². The van der Waals surface area contributed by atoms with Crippen LogP contribution >= 0.6 is 0 Å². The summed E-state index contributed by atoms with van der Waals surface area (Å²) in [4.78, 5) is 29.7. The number of hydrogen-bond donors (Lipinski definition) is 1. The van der Waals surface area contributed by atoms with E-state index < -0.39 is 23.9 Å². The number of likely N-dealkylation sites (tertiary alicyclic amines) is 1. The first-order valence-corrected chi connectivity index (χ1v) is 12.9. The number of methoxy groups -OCH3 is 1. The quantitative estimate of drug-likeness (QED) is 0.538. The molecule has 2 heterocycles. The van der Waals surface area contributed by atoms with Gasteiger partial charge < -0.3 is 24.4 Å². The normalized spacial score (nSPS) is 20.1. The van der Waals surface area contributed by atoms with E-state index in [-0.39, 0.29) is 37.7 Å². The van der Waals surface area contributed by atoms with Crippen LogP contribution in [0.15, 0.2) is 60.7 Å². The van der Waals surface area contributed by atoms with Crippen molar-refractivity contribution < 1.29 is 28.2 Å². The second-order valence-electron chi connectivity index (χ2n) is 10.1. The fraction of sp³-hybridized carbons (Fsp3) is 0.333. The predicted octanol–water partition coefficient (Wildman–Crippen LogP) is 3.91. The van der Waals surface area contributed by atoms with Crippen LogP contribution in [-0.2, 0) is 22.7 Å². The molecule has 2 amide bonds. The van der Waals surface area contributed by atoms with Crippen LogP contribution in [0.4, 0.5) is 4.39 Å². The monoisotopic (exact) mass is 533 g/mol. The van der Waals surface area contributed by atoms with E-state index in [1.807, 2.05) is 54.4 Å². The molecule has 4 bridgehead atoms. The Balaban J connectivity index is 1.41. The molecule has 39 heavy (non-hydrogen) atoms. The number of likely N-dealkylation sites (N-methyl/N-ethyl adjacent to an activating group) is 1. The van der Waals surface area contributed by atoms with E-state index in [2.05, 4.69) is 5.32 Å². The first-order chi connectivity index (χ1) is 18.8. The number of carbonyl (C=O) groups excluding carboxylic acids is 2. The van der Waals surface area contributed by atoms with Gasteiger partial charge >= 0.3 is 0 Å². The summed E-state index contributed by atoms with van der Waals surface area (Å²) < 4.78 is 32.6. The molecule has 2 atom stereocenters. The standard InChI is InChI=1S/C30H32FN3O5/c1-19-6-4-9-23(29(19)31)30(36)34-15-24-27(16-34)38-18-21-7-5-8-22(12-21)39-26-13-20(10-11-25(26)37-3)14-33(2)17-28(35)32-24/h4-13,24,27H,14-18H2,1-3H3,(H,32,35)/t24-,27-/m0/s1. The Morgan fingerprint density at radius 3 is 2.69 bits per heavy atom. The molecule has 8 nitrogen and oxygen atoms in total. The minimum absolute atomic E-state index is 0.0147. The number of hydrogen-bond acceptors (Lipinski definition) is 6. The van der Waals surface area contributed by atoms with E-state index in [4.69, 9.17) is 14.2 Å². The molecule has 0 aliphatic carbocycles. The number of fused-ring (bicyclic) bond motifs is 5. The van der Waals surface area contributed by atoms with Crippen LogP contribution in [0, 0.1) is 12.7 Å². The smallest absolute Gasteiger partial charge is 0.257 e. The first-order valence-electron chi connectivity index (χ1n) is 12.9. The Bertz CT molecular complexity index is 1380. The zero-order chi connectivity index (χ0) is 27.5. The van der Waals surface area contributed by atoms with Gasteiger partial charge in [0.25, 0.3) is 5.91 Å². The van der Waals surface area contributed by atoms with Crippen LogP contribution < -0.4 is 14.8 Å². The third-order valence-corrected chi connectivity index (χ3v) is 7.01. The van der Waals surface area contributed by atoms with Gasteiger partial charge in [-0.1, -0.05) is 30.3 Å². The number of amides is 2. The molecule has 2 aliphatic heterocycles. The average molecular weight is 534 g/mol. The van der Waals surface area contributed by atoms with Gasteiger partial charge in [0.15, 0.2) is 11.5 Å². The van der Waals surface area contributed by atoms with Crippen molar-refractivity contribution in [2.75, 3.05) is 33.8 Å². The van der Waals surface area contributed by atoms with Gasteiger partial charge in [0, 0.05) is 19.6 Å². The van der Waals surface area contributed by atoms with Crippen molar-refractivity contribution in [3.8, 4) is 17.2 Å². The van der Waals surface area contributed by atoms with E-state index >= 15 is 0 Å². The van der Waals surface area contributed by atoms with Crippen molar-refractivity contribution >= 4 is 11.8 Å². The predicted molar refractivity (Wildman–Crippen MR) is 143 cm³/mol. The highest BCUT2D eigenvalue weighted by atomic mass is 19.1. The number of nitrogens with zero attached hydrogens (tertiary/aromatic N) is 2. The van der Waals surface area contributed by atoms with E-state index in [0.29, 0.717) is 29.4 Å². The Hall–Kier alpha value is -3.95. The van der Waals surface area contributed by atoms with E-state index in [0.717, 1.165) is 11.1 Å². The average Bonchev–Trinajstić information content (AvgIpc) is 3.30. The molecular weight excluding hydrogens is 501 g/mol. The Labute approximate surface area is 227 Å². The fourth-order valence-electron chi connectivity index (χ4n) is 5.02. The molecule has 1 fully saturated rings. The summed E-state index contributed by atoms with van der Waals surface area (Å²) in [5.41, 5.74) is 2.25. The molecule has 3 aromatic rings. The molecular formula is C30H32FN3O5. The van der Waals surface area contributed by atoms with Gasteiger partial charge in [-0.25, -0.2) is 4.39 Å². The van der Waals surface area contributed by atoms with Crippen molar-refractivity contribution in [1.29, 1.82) is 0 Å². The molecule has 0 unspecified atom stereocenters. The molecule has 9 heteroatoms. The summed E-state index contributed by atoms with van der Waals surface area (Å²) in [7, 11) is 3.45. The number of aryl methyl sites for hydroxylation is 1. The number of rotatable bonds is 2. The zero-order valence-electron chi connectivity index (χ0n) is 22.3. The highest BCUT2D eigenvalue weighted by Crippen LogP contribution is 2.33. The minimum Gasteiger partial charge on any atom is -0.493 e. The van der Waals surface area contributed by atoms with Crippen LogP contribution in [0.1, 0.15) is 27.0 Å². The van der Waals surface area contributed by atoms with Crippen molar-refractivity contribution in [3.63, 3.8) is 0 Å². The first kappa shape index (κ1) is 26.6. The molecule has 2 aliphatic rings. The largest absolute Gasteiger partial charge is 0.493 e. The lowest BCUT2D eigenvalue weighted by Crippen LogP contribution is -2.47. The molecule has 204 valence electrons. The second-order valence-corrected chi connectivity index (χ2v) is 10.1. The summed E-state index contributed by atoms with van der Waals surface area (Å²) in [5.74, 6) is 0.669. The lowest BCUT2D eigenvalue weighted by Gasteiger charge is -2.23. The van der Waals surface area contributed by atoms with Crippen molar-refractivity contribution in [2.45, 2.75) is 32.2 Å². The Kier molecular flexibility index (Phi) is 7.81. The molecule has 0 spiro atoms. The van der Waals surface area contributed by atoms with Gasteiger partial charge in [-0.15, -0.1) is 0 Å². The molecule has 3 aromatic carbocycles. The van der Waals surface area contributed by atoms with E-state index in [9.17, 15) is 14.0 Å². The number of halogens is 1. The SMILES string of the molecule is COc1ccc2cc1Oc1cccc(c1)CO[C@H]1CN(C(=O)c3cccc(C)c3F)C[C@@H]1NC(=O)CN(C)C2. The van der Waals surface area contributed by atoms with Gasteiger partial charge in [-0.2, -0.15) is 0 Å². The summed E-state index contributed by atoms with van der Waals surface area (Å²) in [5, 5.41) is 3.05. The summed E-state index contributed by atoms with van der Waals surface area (Å²) in [6.07, 6.45) is -0.471. The zero-order valence-corrected chi connectivity index (χ0v) is 22.3. The topological polar surface area (TPSA) is 80.3 Å². The van der Waals surface area contributed by atoms with Gasteiger partial charge in [0.1, 0.15) is 11.6 Å². The molecule has 1 saturated heterocycles. The molecule has 1 N–H and O–H groups in total. The molecule has 0 saturated carbocycles. The summed E-state index contributed by atoms with van der Waals surface area (Å²) >= 11 is 0. The van der Waals surface area contributed by atoms with E-state index in [1.165, 1.54) is 6.07 Å². The second kappa shape index (κ2) is 11.4. The fourth-order valence-corrected chi connectivity index (χ4v) is 5.02. The highest BCUT2D eigenvalue weighted by Gasteiger charge is 2.38. The van der Waals surface area contributed by atoms with Crippen LogP contribution in [0.5, 0.6) is 17.2 Å². The van der Waals surface area contributed by atoms with Crippen molar-refractivity contribution in [2.24, 2.45) is 0 Å². The minimum atomic E-state index is -0.531. The third kappa shape index (κ3) is 6.05. The summed E-state index contributed by atoms with van der Waals surface area (Å²) in [6.45, 7) is 2.97. The highest BCUT2D eigenvalue weighted by molar-refractivity contribution is 5.95. The number of carbonyl (C=O) groups is 2. The maximum absolute atomic E-state index is 14.7.